The van der Waals surface area contributed by atoms with E-state index in [9.17, 15) is 0 Å². The zero-order valence-electron chi connectivity index (χ0n) is 7.93. The molecule has 66 valence electrons. The summed E-state index contributed by atoms with van der Waals surface area (Å²) in [6.07, 6.45) is 2.81. The van der Waals surface area contributed by atoms with E-state index < -0.39 is 0 Å². The standard InChI is InChI=1S/C9H20N2/c1-4-11(3)9-6-5-8(9)7-10-2/h8-10H,4-7H2,1-3H3. The van der Waals surface area contributed by atoms with Crippen LogP contribution in [0.25, 0.3) is 0 Å². The van der Waals surface area contributed by atoms with Crippen molar-refractivity contribution < 1.29 is 0 Å². The van der Waals surface area contributed by atoms with E-state index in [0.29, 0.717) is 0 Å². The smallest absolute Gasteiger partial charge is 0.0133 e. The van der Waals surface area contributed by atoms with E-state index in [1.54, 1.807) is 0 Å². The van der Waals surface area contributed by atoms with Crippen LogP contribution in [0.3, 0.4) is 0 Å². The van der Waals surface area contributed by atoms with Crippen molar-refractivity contribution in [1.29, 1.82) is 0 Å². The Balaban J connectivity index is 2.24. The molecule has 2 unspecified atom stereocenters. The van der Waals surface area contributed by atoms with E-state index >= 15 is 0 Å². The Labute approximate surface area is 70.0 Å². The zero-order valence-corrected chi connectivity index (χ0v) is 7.93. The summed E-state index contributed by atoms with van der Waals surface area (Å²) >= 11 is 0. The monoisotopic (exact) mass is 156 g/mol. The maximum Gasteiger partial charge on any atom is 0.0133 e. The number of rotatable bonds is 4. The second-order valence-corrected chi connectivity index (χ2v) is 3.54. The first-order valence-corrected chi connectivity index (χ1v) is 4.64. The van der Waals surface area contributed by atoms with Crippen molar-refractivity contribution in [2.24, 2.45) is 5.92 Å². The summed E-state index contributed by atoms with van der Waals surface area (Å²) in [7, 11) is 4.27. The van der Waals surface area contributed by atoms with Crippen LogP contribution in [0.15, 0.2) is 0 Å². The molecule has 0 aliphatic heterocycles. The molecule has 0 heterocycles. The molecule has 1 saturated carbocycles. The second kappa shape index (κ2) is 4.07. The molecule has 0 saturated heterocycles. The van der Waals surface area contributed by atoms with Gasteiger partial charge in [0.2, 0.25) is 0 Å². The largest absolute Gasteiger partial charge is 0.319 e. The van der Waals surface area contributed by atoms with Crippen LogP contribution in [0.1, 0.15) is 19.8 Å². The third-order valence-corrected chi connectivity index (χ3v) is 2.91. The lowest BCUT2D eigenvalue weighted by molar-refractivity contribution is 0.0898. The molecular formula is C9H20N2. The van der Waals surface area contributed by atoms with Gasteiger partial charge in [-0.25, -0.2) is 0 Å². The molecule has 1 rings (SSSR count). The summed E-state index contributed by atoms with van der Waals surface area (Å²) in [6, 6.07) is 0.854. The minimum absolute atomic E-state index is 0.854. The molecule has 1 fully saturated rings. The normalized spacial score (nSPS) is 30.5. The van der Waals surface area contributed by atoms with Gasteiger partial charge in [0.05, 0.1) is 0 Å². The summed E-state index contributed by atoms with van der Waals surface area (Å²) in [5, 5.41) is 3.25. The van der Waals surface area contributed by atoms with Gasteiger partial charge in [0.25, 0.3) is 0 Å². The molecule has 1 aliphatic rings. The molecule has 0 bridgehead atoms. The van der Waals surface area contributed by atoms with E-state index in [4.69, 9.17) is 0 Å². The molecule has 0 aromatic carbocycles. The van der Waals surface area contributed by atoms with Gasteiger partial charge in [0, 0.05) is 6.04 Å². The summed E-state index contributed by atoms with van der Waals surface area (Å²) < 4.78 is 0. The van der Waals surface area contributed by atoms with Crippen molar-refractivity contribution in [3.05, 3.63) is 0 Å². The molecule has 1 aliphatic carbocycles. The lowest BCUT2D eigenvalue weighted by Crippen LogP contribution is -2.48. The first kappa shape index (κ1) is 9.01. The Kier molecular flexibility index (Phi) is 3.34. The first-order valence-electron chi connectivity index (χ1n) is 4.64. The highest BCUT2D eigenvalue weighted by Gasteiger charge is 2.32. The van der Waals surface area contributed by atoms with Gasteiger partial charge in [-0.2, -0.15) is 0 Å². The van der Waals surface area contributed by atoms with E-state index in [2.05, 4.69) is 24.2 Å². The highest BCUT2D eigenvalue weighted by molar-refractivity contribution is 4.88. The van der Waals surface area contributed by atoms with Crippen LogP contribution in [0.5, 0.6) is 0 Å². The Morgan fingerprint density at radius 3 is 2.55 bits per heavy atom. The molecule has 2 heteroatoms. The van der Waals surface area contributed by atoms with Gasteiger partial charge < -0.3 is 10.2 Å². The highest BCUT2D eigenvalue weighted by atomic mass is 15.1. The first-order chi connectivity index (χ1) is 5.29. The average molecular weight is 156 g/mol. The third-order valence-electron chi connectivity index (χ3n) is 2.91. The van der Waals surface area contributed by atoms with Crippen LogP contribution in [0.4, 0.5) is 0 Å². The SMILES string of the molecule is CCN(C)C1CCC1CNC. The van der Waals surface area contributed by atoms with Crippen molar-refractivity contribution in [3.63, 3.8) is 0 Å². The van der Waals surface area contributed by atoms with Crippen molar-refractivity contribution in [2.75, 3.05) is 27.2 Å². The molecule has 0 amide bonds. The lowest BCUT2D eigenvalue weighted by atomic mass is 9.78. The fraction of sp³-hybridized carbons (Fsp3) is 1.00. The van der Waals surface area contributed by atoms with Crippen LogP contribution in [-0.2, 0) is 0 Å². The minimum Gasteiger partial charge on any atom is -0.319 e. The number of hydrogen-bond acceptors (Lipinski definition) is 2. The molecule has 2 atom stereocenters. The van der Waals surface area contributed by atoms with Crippen LogP contribution < -0.4 is 5.32 Å². The maximum absolute atomic E-state index is 3.25. The fourth-order valence-corrected chi connectivity index (χ4v) is 1.87. The summed E-state index contributed by atoms with van der Waals surface area (Å²) in [4.78, 5) is 2.46. The predicted octanol–water partition coefficient (Wildman–Crippen LogP) is 0.936. The van der Waals surface area contributed by atoms with Crippen molar-refractivity contribution in [2.45, 2.75) is 25.8 Å². The summed E-state index contributed by atoms with van der Waals surface area (Å²) in [5.74, 6) is 0.907. The van der Waals surface area contributed by atoms with Gasteiger partial charge in [0.15, 0.2) is 0 Å². The topological polar surface area (TPSA) is 15.3 Å². The zero-order chi connectivity index (χ0) is 8.27. The van der Waals surface area contributed by atoms with Gasteiger partial charge in [0.1, 0.15) is 0 Å². The van der Waals surface area contributed by atoms with E-state index in [1.807, 2.05) is 7.05 Å². The van der Waals surface area contributed by atoms with Gasteiger partial charge >= 0.3 is 0 Å². The molecule has 0 aromatic heterocycles. The second-order valence-electron chi connectivity index (χ2n) is 3.54. The molecule has 0 spiro atoms. The van der Waals surface area contributed by atoms with Crippen LogP contribution in [0.2, 0.25) is 0 Å². The molecule has 1 N–H and O–H groups in total. The number of nitrogens with one attached hydrogen (secondary N) is 1. The Hall–Kier alpha value is -0.0800. The van der Waals surface area contributed by atoms with E-state index in [-0.39, 0.29) is 0 Å². The fourth-order valence-electron chi connectivity index (χ4n) is 1.87. The molecule has 11 heavy (non-hydrogen) atoms. The molecule has 0 aromatic rings. The van der Waals surface area contributed by atoms with Gasteiger partial charge in [-0.15, -0.1) is 0 Å². The van der Waals surface area contributed by atoms with Crippen molar-refractivity contribution >= 4 is 0 Å². The van der Waals surface area contributed by atoms with Crippen molar-refractivity contribution in [3.8, 4) is 0 Å². The van der Waals surface area contributed by atoms with Crippen LogP contribution in [0, 0.1) is 5.92 Å². The average Bonchev–Trinajstić information content (AvgIpc) is 1.98. The quantitative estimate of drug-likeness (QED) is 0.651. The van der Waals surface area contributed by atoms with Gasteiger partial charge in [-0.1, -0.05) is 6.92 Å². The van der Waals surface area contributed by atoms with Crippen LogP contribution in [-0.4, -0.2) is 38.1 Å². The molecule has 0 radical (unpaired) electrons. The van der Waals surface area contributed by atoms with Gasteiger partial charge in [-0.3, -0.25) is 0 Å². The maximum atomic E-state index is 3.25. The number of hydrogen-bond donors (Lipinski definition) is 1. The lowest BCUT2D eigenvalue weighted by Gasteiger charge is -2.42. The van der Waals surface area contributed by atoms with Crippen LogP contribution >= 0.6 is 0 Å². The Bertz CT molecular complexity index is 114. The molecular weight excluding hydrogens is 136 g/mol. The number of nitrogens with zero attached hydrogens (tertiary/aromatic N) is 1. The van der Waals surface area contributed by atoms with E-state index in [1.165, 1.54) is 25.9 Å². The Morgan fingerprint density at radius 2 is 2.18 bits per heavy atom. The third kappa shape index (κ3) is 1.94. The minimum atomic E-state index is 0.854. The Morgan fingerprint density at radius 1 is 1.45 bits per heavy atom. The summed E-state index contributed by atoms with van der Waals surface area (Å²) in [5.41, 5.74) is 0. The van der Waals surface area contributed by atoms with Gasteiger partial charge in [-0.05, 0) is 45.9 Å². The molecule has 2 nitrogen and oxygen atoms in total. The van der Waals surface area contributed by atoms with E-state index in [0.717, 1.165) is 12.0 Å². The summed E-state index contributed by atoms with van der Waals surface area (Å²) in [6.45, 7) is 4.61. The van der Waals surface area contributed by atoms with Crippen molar-refractivity contribution in [1.82, 2.24) is 10.2 Å². The highest BCUT2D eigenvalue weighted by Crippen LogP contribution is 2.30. The predicted molar refractivity (Wildman–Crippen MR) is 48.7 cm³/mol.